The Balaban J connectivity index is 2.40. The first-order valence-corrected chi connectivity index (χ1v) is 4.18. The van der Waals surface area contributed by atoms with Crippen molar-refractivity contribution in [3.05, 3.63) is 0 Å². The summed E-state index contributed by atoms with van der Waals surface area (Å²) in [5, 5.41) is 6.96. The molecule has 1 aliphatic rings. The predicted octanol–water partition coefficient (Wildman–Crippen LogP) is 0.592. The Labute approximate surface area is 63.4 Å². The smallest absolute Gasteiger partial charge is 0.0242 e. The van der Waals surface area contributed by atoms with Crippen molar-refractivity contribution >= 4 is 0 Å². The molecule has 1 saturated heterocycles. The Hall–Kier alpha value is -0.0800. The molecule has 2 unspecified atom stereocenters. The van der Waals surface area contributed by atoms with E-state index in [9.17, 15) is 0 Å². The molecule has 0 saturated carbocycles. The minimum Gasteiger partial charge on any atom is -0.311 e. The second-order valence-electron chi connectivity index (χ2n) is 3.47. The van der Waals surface area contributed by atoms with E-state index < -0.39 is 0 Å². The largest absolute Gasteiger partial charge is 0.311 e. The molecule has 2 N–H and O–H groups in total. The zero-order valence-corrected chi connectivity index (χ0v) is 7.15. The lowest BCUT2D eigenvalue weighted by Gasteiger charge is -2.33. The molecule has 2 heteroatoms. The highest BCUT2D eigenvalue weighted by atomic mass is 15.1. The zero-order valence-electron chi connectivity index (χ0n) is 7.15. The Morgan fingerprint density at radius 1 is 1.20 bits per heavy atom. The molecule has 1 aliphatic heterocycles. The van der Waals surface area contributed by atoms with Crippen LogP contribution < -0.4 is 10.6 Å². The molecule has 2 atom stereocenters. The maximum atomic E-state index is 3.51. The van der Waals surface area contributed by atoms with Gasteiger partial charge >= 0.3 is 0 Å². The van der Waals surface area contributed by atoms with Crippen LogP contribution in [0.25, 0.3) is 0 Å². The summed E-state index contributed by atoms with van der Waals surface area (Å²) in [5.41, 5.74) is 0. The van der Waals surface area contributed by atoms with E-state index in [2.05, 4.69) is 31.4 Å². The van der Waals surface area contributed by atoms with E-state index in [1.165, 1.54) is 0 Å². The van der Waals surface area contributed by atoms with Crippen molar-refractivity contribution in [3.63, 3.8) is 0 Å². The Bertz CT molecular complexity index is 101. The molecule has 0 bridgehead atoms. The zero-order chi connectivity index (χ0) is 7.56. The highest BCUT2D eigenvalue weighted by Crippen LogP contribution is 2.07. The first-order chi connectivity index (χ1) is 4.72. The summed E-state index contributed by atoms with van der Waals surface area (Å²) in [6.45, 7) is 9.01. The van der Waals surface area contributed by atoms with Crippen LogP contribution in [0, 0.1) is 5.92 Å². The van der Waals surface area contributed by atoms with Gasteiger partial charge in [0.05, 0.1) is 0 Å². The lowest BCUT2D eigenvalue weighted by molar-refractivity contribution is 0.277. The van der Waals surface area contributed by atoms with Gasteiger partial charge in [0.1, 0.15) is 0 Å². The van der Waals surface area contributed by atoms with Crippen molar-refractivity contribution in [2.45, 2.75) is 32.9 Å². The van der Waals surface area contributed by atoms with Crippen LogP contribution in [-0.4, -0.2) is 25.2 Å². The maximum absolute atomic E-state index is 3.51. The van der Waals surface area contributed by atoms with Crippen molar-refractivity contribution in [2.75, 3.05) is 13.1 Å². The van der Waals surface area contributed by atoms with Gasteiger partial charge in [-0.1, -0.05) is 13.8 Å². The van der Waals surface area contributed by atoms with E-state index in [-0.39, 0.29) is 0 Å². The van der Waals surface area contributed by atoms with Gasteiger partial charge in [-0.15, -0.1) is 0 Å². The van der Waals surface area contributed by atoms with E-state index in [1.54, 1.807) is 0 Å². The lowest BCUT2D eigenvalue weighted by atomic mass is 9.96. The average molecular weight is 142 g/mol. The third kappa shape index (κ3) is 1.70. The molecule has 60 valence electrons. The Morgan fingerprint density at radius 2 is 1.80 bits per heavy atom. The lowest BCUT2D eigenvalue weighted by Crippen LogP contribution is -2.56. The normalized spacial score (nSPS) is 34.8. The van der Waals surface area contributed by atoms with Crippen molar-refractivity contribution in [1.82, 2.24) is 10.6 Å². The van der Waals surface area contributed by atoms with E-state index in [0.29, 0.717) is 12.1 Å². The van der Waals surface area contributed by atoms with Gasteiger partial charge in [-0.3, -0.25) is 0 Å². The number of piperazine rings is 1. The molecule has 1 fully saturated rings. The summed E-state index contributed by atoms with van der Waals surface area (Å²) in [7, 11) is 0. The van der Waals surface area contributed by atoms with Crippen molar-refractivity contribution in [3.8, 4) is 0 Å². The second-order valence-corrected chi connectivity index (χ2v) is 3.47. The molecule has 0 aliphatic carbocycles. The van der Waals surface area contributed by atoms with Gasteiger partial charge in [-0.25, -0.2) is 0 Å². The number of hydrogen-bond donors (Lipinski definition) is 2. The molecule has 0 aromatic heterocycles. The third-order valence-electron chi connectivity index (χ3n) is 2.23. The molecule has 0 radical (unpaired) electrons. The van der Waals surface area contributed by atoms with Gasteiger partial charge in [0.2, 0.25) is 0 Å². The van der Waals surface area contributed by atoms with Gasteiger partial charge in [0, 0.05) is 25.2 Å². The highest BCUT2D eigenvalue weighted by Gasteiger charge is 2.22. The Kier molecular flexibility index (Phi) is 2.69. The standard InChI is InChI=1S/C8H18N2/c1-6(2)8-7(3)9-4-5-10-8/h6-10H,4-5H2,1-3H3. The Morgan fingerprint density at radius 3 is 2.20 bits per heavy atom. The van der Waals surface area contributed by atoms with Crippen LogP contribution in [0.5, 0.6) is 0 Å². The van der Waals surface area contributed by atoms with Crippen molar-refractivity contribution in [2.24, 2.45) is 5.92 Å². The second kappa shape index (κ2) is 3.35. The number of rotatable bonds is 1. The summed E-state index contributed by atoms with van der Waals surface area (Å²) in [6, 6.07) is 1.29. The molecule has 1 rings (SSSR count). The summed E-state index contributed by atoms with van der Waals surface area (Å²) < 4.78 is 0. The summed E-state index contributed by atoms with van der Waals surface area (Å²) in [6.07, 6.45) is 0. The van der Waals surface area contributed by atoms with E-state index in [1.807, 2.05) is 0 Å². The fourth-order valence-corrected chi connectivity index (χ4v) is 1.66. The first kappa shape index (κ1) is 8.02. The molecule has 0 aromatic carbocycles. The van der Waals surface area contributed by atoms with Crippen LogP contribution in [0.1, 0.15) is 20.8 Å². The predicted molar refractivity (Wildman–Crippen MR) is 44.1 cm³/mol. The maximum Gasteiger partial charge on any atom is 0.0242 e. The summed E-state index contributed by atoms with van der Waals surface area (Å²) in [4.78, 5) is 0. The van der Waals surface area contributed by atoms with Crippen molar-refractivity contribution in [1.29, 1.82) is 0 Å². The van der Waals surface area contributed by atoms with Crippen LogP contribution in [-0.2, 0) is 0 Å². The van der Waals surface area contributed by atoms with Gasteiger partial charge in [-0.05, 0) is 12.8 Å². The number of nitrogens with one attached hydrogen (secondary N) is 2. The first-order valence-electron chi connectivity index (χ1n) is 4.18. The molecule has 0 spiro atoms. The highest BCUT2D eigenvalue weighted by molar-refractivity contribution is 4.85. The summed E-state index contributed by atoms with van der Waals surface area (Å²) in [5.74, 6) is 0.739. The molecule has 0 amide bonds. The topological polar surface area (TPSA) is 24.1 Å². The molecular weight excluding hydrogens is 124 g/mol. The summed E-state index contributed by atoms with van der Waals surface area (Å²) >= 11 is 0. The quantitative estimate of drug-likeness (QED) is 0.560. The van der Waals surface area contributed by atoms with Crippen LogP contribution in [0.4, 0.5) is 0 Å². The molecule has 0 aromatic rings. The fraction of sp³-hybridized carbons (Fsp3) is 1.00. The number of hydrogen-bond acceptors (Lipinski definition) is 2. The van der Waals surface area contributed by atoms with Gasteiger partial charge in [-0.2, -0.15) is 0 Å². The van der Waals surface area contributed by atoms with Crippen LogP contribution in [0.2, 0.25) is 0 Å². The minimum absolute atomic E-state index is 0.633. The van der Waals surface area contributed by atoms with Gasteiger partial charge in [0.25, 0.3) is 0 Å². The SMILES string of the molecule is CC(C)C1NCCNC1C. The molecule has 2 nitrogen and oxygen atoms in total. The average Bonchev–Trinajstić information content (AvgIpc) is 1.88. The van der Waals surface area contributed by atoms with E-state index in [4.69, 9.17) is 0 Å². The van der Waals surface area contributed by atoms with Crippen molar-refractivity contribution < 1.29 is 0 Å². The van der Waals surface area contributed by atoms with Crippen LogP contribution in [0.15, 0.2) is 0 Å². The van der Waals surface area contributed by atoms with Gasteiger partial charge in [0.15, 0.2) is 0 Å². The van der Waals surface area contributed by atoms with Crippen LogP contribution >= 0.6 is 0 Å². The van der Waals surface area contributed by atoms with Gasteiger partial charge < -0.3 is 10.6 Å². The molecular formula is C8H18N2. The minimum atomic E-state index is 0.633. The van der Waals surface area contributed by atoms with Crippen LogP contribution in [0.3, 0.4) is 0 Å². The molecule has 10 heavy (non-hydrogen) atoms. The fourth-order valence-electron chi connectivity index (χ4n) is 1.66. The monoisotopic (exact) mass is 142 g/mol. The van der Waals surface area contributed by atoms with E-state index >= 15 is 0 Å². The third-order valence-corrected chi connectivity index (χ3v) is 2.23. The van der Waals surface area contributed by atoms with E-state index in [0.717, 1.165) is 19.0 Å². The molecule has 1 heterocycles.